The summed E-state index contributed by atoms with van der Waals surface area (Å²) in [5, 5.41) is -0.269. The largest absolute Gasteiger partial charge is 0.462 e. The van der Waals surface area contributed by atoms with Crippen LogP contribution in [-0.4, -0.2) is 17.6 Å². The summed E-state index contributed by atoms with van der Waals surface area (Å²) < 4.78 is 30.4. The Morgan fingerprint density at radius 2 is 2.31 bits per heavy atom. The molecule has 0 radical (unpaired) electrons. The molecule has 0 aliphatic carbocycles. The topological polar surface area (TPSA) is 39.2 Å². The maximum Gasteiger partial charge on any atom is 0.341 e. The first-order chi connectivity index (χ1) is 7.49. The van der Waals surface area contributed by atoms with E-state index >= 15 is 0 Å². The summed E-state index contributed by atoms with van der Waals surface area (Å²) in [6.07, 6.45) is -1.61. The Kier molecular flexibility index (Phi) is 4.85. The lowest BCUT2D eigenvalue weighted by molar-refractivity contribution is 0.0514. The predicted octanol–water partition coefficient (Wildman–Crippen LogP) is 3.45. The lowest BCUT2D eigenvalue weighted by atomic mass is 10.1. The number of rotatable bonds is 3. The molecular weight excluding hydrogens is 354 g/mol. The average Bonchev–Trinajstić information content (AvgIpc) is 2.20. The summed E-state index contributed by atoms with van der Waals surface area (Å²) in [5.41, 5.74) is -0.788. The van der Waals surface area contributed by atoms with E-state index in [9.17, 15) is 13.6 Å². The molecule has 0 saturated carbocycles. The van der Waals surface area contributed by atoms with Crippen molar-refractivity contribution in [2.75, 3.05) is 6.61 Å². The van der Waals surface area contributed by atoms with Crippen molar-refractivity contribution >= 4 is 40.2 Å². The number of esters is 1. The molecule has 16 heavy (non-hydrogen) atoms. The van der Waals surface area contributed by atoms with Crippen molar-refractivity contribution in [3.8, 4) is 0 Å². The minimum atomic E-state index is -2.80. The molecule has 0 unspecified atom stereocenters. The second-order valence-electron chi connectivity index (χ2n) is 2.71. The average molecular weight is 362 g/mol. The van der Waals surface area contributed by atoms with Crippen LogP contribution >= 0.6 is 34.2 Å². The minimum Gasteiger partial charge on any atom is -0.462 e. The van der Waals surface area contributed by atoms with Crippen LogP contribution in [-0.2, 0) is 4.74 Å². The summed E-state index contributed by atoms with van der Waals surface area (Å²) in [6.45, 7) is 1.67. The highest BCUT2D eigenvalue weighted by molar-refractivity contribution is 14.1. The Morgan fingerprint density at radius 1 is 1.69 bits per heavy atom. The van der Waals surface area contributed by atoms with Gasteiger partial charge < -0.3 is 4.74 Å². The zero-order chi connectivity index (χ0) is 12.3. The Bertz CT molecular complexity index is 415. The first-order valence-electron chi connectivity index (χ1n) is 4.28. The van der Waals surface area contributed by atoms with Crippen LogP contribution in [0, 0.1) is 3.57 Å². The smallest absolute Gasteiger partial charge is 0.341 e. The fourth-order valence-electron chi connectivity index (χ4n) is 1.09. The fourth-order valence-corrected chi connectivity index (χ4v) is 1.96. The summed E-state index contributed by atoms with van der Waals surface area (Å²) in [4.78, 5) is 15.1. The van der Waals surface area contributed by atoms with E-state index in [1.165, 1.54) is 6.20 Å². The van der Waals surface area contributed by atoms with E-state index in [0.29, 0.717) is 0 Å². The highest BCUT2D eigenvalue weighted by Gasteiger charge is 2.26. The molecule has 88 valence electrons. The van der Waals surface area contributed by atoms with Crippen LogP contribution in [0.15, 0.2) is 6.20 Å². The molecule has 1 aromatic rings. The molecule has 0 spiro atoms. The van der Waals surface area contributed by atoms with Gasteiger partial charge in [-0.2, -0.15) is 0 Å². The van der Waals surface area contributed by atoms with E-state index in [1.54, 1.807) is 29.5 Å². The van der Waals surface area contributed by atoms with Crippen molar-refractivity contribution in [1.29, 1.82) is 0 Å². The number of carbonyl (C=O) groups is 1. The van der Waals surface area contributed by atoms with E-state index in [-0.39, 0.29) is 20.9 Å². The van der Waals surface area contributed by atoms with E-state index in [0.717, 1.165) is 0 Å². The summed E-state index contributed by atoms with van der Waals surface area (Å²) in [7, 11) is 0. The number of carbonyl (C=O) groups excluding carboxylic acids is 1. The standard InChI is InChI=1S/C9H7ClF2INO2/c1-2-16-9(15)6-5(8(11)12)4(13)3-14-7(6)10/h3,8H,2H2,1H3. The molecule has 0 aliphatic rings. The third-order valence-corrected chi connectivity index (χ3v) is 2.87. The zero-order valence-corrected chi connectivity index (χ0v) is 11.1. The Balaban J connectivity index is 3.34. The van der Waals surface area contributed by atoms with Crippen LogP contribution in [0.4, 0.5) is 8.78 Å². The minimum absolute atomic E-state index is 0.0866. The summed E-state index contributed by atoms with van der Waals surface area (Å²) in [6, 6.07) is 0. The van der Waals surface area contributed by atoms with Crippen LogP contribution < -0.4 is 0 Å². The van der Waals surface area contributed by atoms with Crippen LogP contribution in [0.3, 0.4) is 0 Å². The molecule has 0 N–H and O–H groups in total. The highest BCUT2D eigenvalue weighted by atomic mass is 127. The predicted molar refractivity (Wildman–Crippen MR) is 62.9 cm³/mol. The molecular formula is C9H7ClF2INO2. The van der Waals surface area contributed by atoms with Gasteiger partial charge in [0.15, 0.2) is 0 Å². The van der Waals surface area contributed by atoms with Gasteiger partial charge in [0.1, 0.15) is 10.7 Å². The fraction of sp³-hybridized carbons (Fsp3) is 0.333. The number of pyridine rings is 1. The number of ether oxygens (including phenoxy) is 1. The highest BCUT2D eigenvalue weighted by Crippen LogP contribution is 2.31. The van der Waals surface area contributed by atoms with Gasteiger partial charge in [-0.25, -0.2) is 18.6 Å². The maximum absolute atomic E-state index is 12.8. The molecule has 0 bridgehead atoms. The molecule has 0 atom stereocenters. The zero-order valence-electron chi connectivity index (χ0n) is 8.14. The van der Waals surface area contributed by atoms with Crippen molar-refractivity contribution < 1.29 is 18.3 Å². The lowest BCUT2D eigenvalue weighted by Crippen LogP contribution is -2.11. The van der Waals surface area contributed by atoms with Crippen molar-refractivity contribution in [1.82, 2.24) is 4.98 Å². The van der Waals surface area contributed by atoms with Gasteiger partial charge in [-0.15, -0.1) is 0 Å². The number of hydrogen-bond donors (Lipinski definition) is 0. The Morgan fingerprint density at radius 3 is 2.81 bits per heavy atom. The quantitative estimate of drug-likeness (QED) is 0.470. The molecule has 0 aromatic carbocycles. The SMILES string of the molecule is CCOC(=O)c1c(Cl)ncc(I)c1C(F)F. The van der Waals surface area contributed by atoms with Gasteiger partial charge in [0.2, 0.25) is 0 Å². The number of hydrogen-bond acceptors (Lipinski definition) is 3. The Labute approximate surface area is 109 Å². The number of alkyl halides is 2. The van der Waals surface area contributed by atoms with Crippen LogP contribution in [0.25, 0.3) is 0 Å². The molecule has 0 aliphatic heterocycles. The van der Waals surface area contributed by atoms with E-state index in [1.807, 2.05) is 0 Å². The van der Waals surface area contributed by atoms with E-state index in [2.05, 4.69) is 9.72 Å². The number of halogens is 4. The van der Waals surface area contributed by atoms with Gasteiger partial charge in [0.05, 0.1) is 12.2 Å². The van der Waals surface area contributed by atoms with Crippen molar-refractivity contribution in [3.05, 3.63) is 26.0 Å². The molecule has 7 heteroatoms. The summed E-state index contributed by atoms with van der Waals surface area (Å²) in [5.74, 6) is -0.881. The van der Waals surface area contributed by atoms with Gasteiger partial charge in [-0.1, -0.05) is 11.6 Å². The number of nitrogens with zero attached hydrogens (tertiary/aromatic N) is 1. The third-order valence-electron chi connectivity index (χ3n) is 1.72. The van der Waals surface area contributed by atoms with Gasteiger partial charge in [-0.3, -0.25) is 0 Å². The van der Waals surface area contributed by atoms with Crippen molar-refractivity contribution in [2.24, 2.45) is 0 Å². The molecule has 1 rings (SSSR count). The molecule has 3 nitrogen and oxygen atoms in total. The van der Waals surface area contributed by atoms with Crippen molar-refractivity contribution in [2.45, 2.75) is 13.3 Å². The normalized spacial score (nSPS) is 10.6. The van der Waals surface area contributed by atoms with Crippen molar-refractivity contribution in [3.63, 3.8) is 0 Å². The van der Waals surface area contributed by atoms with Gasteiger partial charge in [0, 0.05) is 9.77 Å². The van der Waals surface area contributed by atoms with E-state index in [4.69, 9.17) is 11.6 Å². The number of aromatic nitrogens is 1. The second kappa shape index (κ2) is 5.72. The monoisotopic (exact) mass is 361 g/mol. The summed E-state index contributed by atoms with van der Waals surface area (Å²) >= 11 is 7.30. The molecule has 0 amide bonds. The van der Waals surface area contributed by atoms with Crippen LogP contribution in [0.2, 0.25) is 5.15 Å². The van der Waals surface area contributed by atoms with E-state index < -0.39 is 18.0 Å². The third kappa shape index (κ3) is 2.79. The first kappa shape index (κ1) is 13.6. The lowest BCUT2D eigenvalue weighted by Gasteiger charge is -2.10. The van der Waals surface area contributed by atoms with Crippen LogP contribution in [0.5, 0.6) is 0 Å². The molecule has 1 aromatic heterocycles. The van der Waals surface area contributed by atoms with Gasteiger partial charge >= 0.3 is 5.97 Å². The second-order valence-corrected chi connectivity index (χ2v) is 4.23. The van der Waals surface area contributed by atoms with Crippen LogP contribution in [0.1, 0.15) is 29.3 Å². The molecule has 0 fully saturated rings. The molecule has 0 saturated heterocycles. The Hall–Kier alpha value is -0.500. The first-order valence-corrected chi connectivity index (χ1v) is 5.73. The van der Waals surface area contributed by atoms with Gasteiger partial charge in [0.25, 0.3) is 6.43 Å². The maximum atomic E-state index is 12.8. The van der Waals surface area contributed by atoms with Gasteiger partial charge in [-0.05, 0) is 29.5 Å². The molecule has 1 heterocycles.